The second-order valence-electron chi connectivity index (χ2n) is 8.29. The van der Waals surface area contributed by atoms with Crippen molar-refractivity contribution in [2.24, 2.45) is 0 Å². The first-order valence-corrected chi connectivity index (χ1v) is 10.2. The van der Waals surface area contributed by atoms with E-state index >= 15 is 0 Å². The van der Waals surface area contributed by atoms with Crippen molar-refractivity contribution >= 4 is 6.09 Å². The predicted octanol–water partition coefficient (Wildman–Crippen LogP) is 3.98. The van der Waals surface area contributed by atoms with Gasteiger partial charge in [0.2, 0.25) is 0 Å². The summed E-state index contributed by atoms with van der Waals surface area (Å²) in [5, 5.41) is 0. The van der Waals surface area contributed by atoms with Gasteiger partial charge >= 0.3 is 6.09 Å². The van der Waals surface area contributed by atoms with Gasteiger partial charge in [0, 0.05) is 45.2 Å². The van der Waals surface area contributed by atoms with E-state index in [1.54, 1.807) is 0 Å². The van der Waals surface area contributed by atoms with E-state index in [1.165, 1.54) is 11.1 Å². The molecular formula is C23H29N3O2. The van der Waals surface area contributed by atoms with E-state index < -0.39 is 0 Å². The van der Waals surface area contributed by atoms with Gasteiger partial charge in [-0.25, -0.2) is 4.79 Å². The van der Waals surface area contributed by atoms with Gasteiger partial charge in [-0.3, -0.25) is 9.88 Å². The van der Waals surface area contributed by atoms with Gasteiger partial charge in [0.1, 0.15) is 5.60 Å². The maximum atomic E-state index is 12.5. The van der Waals surface area contributed by atoms with E-state index in [0.717, 1.165) is 38.2 Å². The molecule has 1 aromatic heterocycles. The Hall–Kier alpha value is -2.40. The summed E-state index contributed by atoms with van der Waals surface area (Å²) in [6.45, 7) is 8.44. The molecule has 0 radical (unpaired) electrons. The molecule has 1 amide bonds. The SMILES string of the molecule is Cc1cccnc1CN1CCC2(CC1)CN(CC(C)c1ccccc1)C(=O)O2. The summed E-state index contributed by atoms with van der Waals surface area (Å²) in [6.07, 6.45) is 3.48. The first-order chi connectivity index (χ1) is 13.5. The van der Waals surface area contributed by atoms with E-state index in [-0.39, 0.29) is 11.7 Å². The highest BCUT2D eigenvalue weighted by atomic mass is 16.6. The monoisotopic (exact) mass is 379 g/mol. The van der Waals surface area contributed by atoms with Crippen molar-refractivity contribution in [1.29, 1.82) is 0 Å². The van der Waals surface area contributed by atoms with Crippen LogP contribution < -0.4 is 0 Å². The van der Waals surface area contributed by atoms with E-state index in [9.17, 15) is 4.79 Å². The van der Waals surface area contributed by atoms with Crippen molar-refractivity contribution in [3.05, 3.63) is 65.5 Å². The highest BCUT2D eigenvalue weighted by Crippen LogP contribution is 2.34. The zero-order valence-electron chi connectivity index (χ0n) is 16.8. The molecule has 0 bridgehead atoms. The number of aryl methyl sites for hydroxylation is 1. The Morgan fingerprint density at radius 1 is 1.14 bits per heavy atom. The van der Waals surface area contributed by atoms with Crippen LogP contribution >= 0.6 is 0 Å². The fraction of sp³-hybridized carbons (Fsp3) is 0.478. The van der Waals surface area contributed by atoms with E-state index in [2.05, 4.69) is 54.1 Å². The summed E-state index contributed by atoms with van der Waals surface area (Å²) in [5.74, 6) is 0.302. The summed E-state index contributed by atoms with van der Waals surface area (Å²) in [4.78, 5) is 21.3. The third-order valence-corrected chi connectivity index (χ3v) is 6.16. The summed E-state index contributed by atoms with van der Waals surface area (Å²) < 4.78 is 5.91. The van der Waals surface area contributed by atoms with Crippen molar-refractivity contribution in [2.45, 2.75) is 44.8 Å². The summed E-state index contributed by atoms with van der Waals surface area (Å²) >= 11 is 0. The Morgan fingerprint density at radius 3 is 2.61 bits per heavy atom. The van der Waals surface area contributed by atoms with Gasteiger partial charge in [-0.05, 0) is 30.0 Å². The number of nitrogens with zero attached hydrogens (tertiary/aromatic N) is 3. The van der Waals surface area contributed by atoms with Crippen molar-refractivity contribution < 1.29 is 9.53 Å². The Bertz CT molecular complexity index is 816. The number of benzene rings is 1. The number of carbonyl (C=O) groups is 1. The Labute approximate surface area is 167 Å². The Balaban J connectivity index is 1.33. The minimum absolute atomic E-state index is 0.156. The predicted molar refractivity (Wildman–Crippen MR) is 109 cm³/mol. The topological polar surface area (TPSA) is 45.7 Å². The number of pyridine rings is 1. The fourth-order valence-electron chi connectivity index (χ4n) is 4.33. The third-order valence-electron chi connectivity index (χ3n) is 6.16. The van der Waals surface area contributed by atoms with Gasteiger partial charge in [0.25, 0.3) is 0 Å². The zero-order chi connectivity index (χ0) is 19.6. The molecule has 4 rings (SSSR count). The van der Waals surface area contributed by atoms with Gasteiger partial charge in [-0.1, -0.05) is 43.3 Å². The van der Waals surface area contributed by atoms with Crippen LogP contribution in [0.2, 0.25) is 0 Å². The number of piperidine rings is 1. The lowest BCUT2D eigenvalue weighted by molar-refractivity contribution is -0.00154. The number of aromatic nitrogens is 1. The van der Waals surface area contributed by atoms with Crippen molar-refractivity contribution in [3.63, 3.8) is 0 Å². The van der Waals surface area contributed by atoms with Crippen LogP contribution in [0.15, 0.2) is 48.7 Å². The van der Waals surface area contributed by atoms with Crippen molar-refractivity contribution in [2.75, 3.05) is 26.2 Å². The molecule has 2 saturated heterocycles. The van der Waals surface area contributed by atoms with Crippen molar-refractivity contribution in [3.8, 4) is 0 Å². The maximum Gasteiger partial charge on any atom is 0.410 e. The van der Waals surface area contributed by atoms with E-state index in [4.69, 9.17) is 4.74 Å². The number of ether oxygens (including phenoxy) is 1. The molecule has 1 unspecified atom stereocenters. The molecule has 1 aromatic carbocycles. The molecule has 0 aliphatic carbocycles. The highest BCUT2D eigenvalue weighted by Gasteiger charge is 2.47. The van der Waals surface area contributed by atoms with Crippen LogP contribution in [0.5, 0.6) is 0 Å². The average Bonchev–Trinajstić information content (AvgIpc) is 3.01. The third kappa shape index (κ3) is 4.04. The zero-order valence-corrected chi connectivity index (χ0v) is 16.8. The molecule has 1 atom stereocenters. The number of likely N-dealkylation sites (tertiary alicyclic amines) is 1. The fourth-order valence-corrected chi connectivity index (χ4v) is 4.33. The Morgan fingerprint density at radius 2 is 1.89 bits per heavy atom. The molecule has 2 fully saturated rings. The van der Waals surface area contributed by atoms with Crippen LogP contribution in [0.1, 0.15) is 42.5 Å². The second-order valence-corrected chi connectivity index (χ2v) is 8.29. The molecule has 3 heterocycles. The molecule has 0 saturated carbocycles. The number of hydrogen-bond acceptors (Lipinski definition) is 4. The lowest BCUT2D eigenvalue weighted by Gasteiger charge is -2.37. The standard InChI is InChI=1S/C23H29N3O2/c1-18-7-6-12-24-21(18)16-25-13-10-23(11-14-25)17-26(22(27)28-23)15-19(2)20-8-4-3-5-9-20/h3-9,12,19H,10-11,13-17H2,1-2H3. The molecule has 28 heavy (non-hydrogen) atoms. The number of rotatable bonds is 5. The molecule has 5 heteroatoms. The molecule has 0 N–H and O–H groups in total. The summed E-state index contributed by atoms with van der Waals surface area (Å²) in [6, 6.07) is 14.5. The van der Waals surface area contributed by atoms with Crippen LogP contribution in [0.25, 0.3) is 0 Å². The molecule has 5 nitrogen and oxygen atoms in total. The summed E-state index contributed by atoms with van der Waals surface area (Å²) in [7, 11) is 0. The first kappa shape index (κ1) is 18.9. The molecule has 148 valence electrons. The van der Waals surface area contributed by atoms with Crippen LogP contribution in [-0.4, -0.2) is 52.7 Å². The Kier molecular flexibility index (Phi) is 5.36. The molecular weight excluding hydrogens is 350 g/mol. The molecule has 2 aliphatic heterocycles. The maximum absolute atomic E-state index is 12.5. The van der Waals surface area contributed by atoms with E-state index in [0.29, 0.717) is 19.0 Å². The van der Waals surface area contributed by atoms with Gasteiger partial charge in [-0.15, -0.1) is 0 Å². The van der Waals surface area contributed by atoms with Crippen LogP contribution in [0.3, 0.4) is 0 Å². The second kappa shape index (κ2) is 7.92. The highest BCUT2D eigenvalue weighted by molar-refractivity contribution is 5.71. The lowest BCUT2D eigenvalue weighted by Crippen LogP contribution is -2.46. The number of hydrogen-bond donors (Lipinski definition) is 0. The van der Waals surface area contributed by atoms with Crippen molar-refractivity contribution in [1.82, 2.24) is 14.8 Å². The van der Waals surface area contributed by atoms with Crippen LogP contribution in [0.4, 0.5) is 4.79 Å². The van der Waals surface area contributed by atoms with Gasteiger partial charge < -0.3 is 9.64 Å². The summed E-state index contributed by atoms with van der Waals surface area (Å²) in [5.41, 5.74) is 3.32. The lowest BCUT2D eigenvalue weighted by atomic mass is 9.90. The van der Waals surface area contributed by atoms with Crippen LogP contribution in [-0.2, 0) is 11.3 Å². The quantitative estimate of drug-likeness (QED) is 0.788. The van der Waals surface area contributed by atoms with Gasteiger partial charge in [0.05, 0.1) is 12.2 Å². The average molecular weight is 380 g/mol. The number of amides is 1. The van der Waals surface area contributed by atoms with Gasteiger partial charge in [-0.2, -0.15) is 0 Å². The largest absolute Gasteiger partial charge is 0.441 e. The first-order valence-electron chi connectivity index (χ1n) is 10.2. The van der Waals surface area contributed by atoms with E-state index in [1.807, 2.05) is 23.2 Å². The number of carbonyl (C=O) groups excluding carboxylic acids is 1. The minimum Gasteiger partial charge on any atom is -0.441 e. The van der Waals surface area contributed by atoms with Gasteiger partial charge in [0.15, 0.2) is 0 Å². The normalized spacial score (nSPS) is 20.4. The molecule has 2 aliphatic rings. The molecule has 2 aromatic rings. The smallest absolute Gasteiger partial charge is 0.410 e. The molecule has 1 spiro atoms. The minimum atomic E-state index is -0.316. The van der Waals surface area contributed by atoms with Crippen LogP contribution in [0, 0.1) is 6.92 Å².